The van der Waals surface area contributed by atoms with Gasteiger partial charge < -0.3 is 11.1 Å². The number of rotatable bonds is 4. The molecule has 0 aliphatic carbocycles. The van der Waals surface area contributed by atoms with E-state index in [2.05, 4.69) is 5.32 Å². The van der Waals surface area contributed by atoms with Crippen molar-refractivity contribution < 1.29 is 4.79 Å². The van der Waals surface area contributed by atoms with Gasteiger partial charge in [0.15, 0.2) is 0 Å². The highest BCUT2D eigenvalue weighted by molar-refractivity contribution is 5.76. The highest BCUT2D eigenvalue weighted by Gasteiger charge is 1.90. The van der Waals surface area contributed by atoms with E-state index in [0.29, 0.717) is 0 Å². The Hall–Kier alpha value is -1.77. The van der Waals surface area contributed by atoms with Crippen LogP contribution in [0.3, 0.4) is 0 Å². The van der Waals surface area contributed by atoms with Crippen molar-refractivity contribution in [1.82, 2.24) is 0 Å². The third kappa shape index (κ3) is 3.31. The molecule has 0 saturated heterocycles. The molecule has 1 aromatic rings. The molecule has 0 heterocycles. The minimum atomic E-state index is -0.314. The lowest BCUT2D eigenvalue weighted by Gasteiger charge is -1.99. The number of benzene rings is 1. The summed E-state index contributed by atoms with van der Waals surface area (Å²) in [5.74, 6) is -0.314. The summed E-state index contributed by atoms with van der Waals surface area (Å²) in [5, 5.41) is 3.04. The lowest BCUT2D eigenvalue weighted by atomic mass is 10.2. The van der Waals surface area contributed by atoms with Crippen LogP contribution in [0.25, 0.3) is 6.08 Å². The molecule has 14 heavy (non-hydrogen) atoms. The van der Waals surface area contributed by atoms with Gasteiger partial charge in [0.25, 0.3) is 0 Å². The molecule has 3 nitrogen and oxygen atoms in total. The lowest BCUT2D eigenvalue weighted by Crippen LogP contribution is -2.07. The predicted octanol–water partition coefficient (Wildman–Crippen LogP) is 1.62. The van der Waals surface area contributed by atoms with Crippen LogP contribution in [0.5, 0.6) is 0 Å². The first-order valence-corrected chi connectivity index (χ1v) is 4.45. The third-order valence-electron chi connectivity index (χ3n) is 1.80. The van der Waals surface area contributed by atoms with Crippen LogP contribution in [0.4, 0.5) is 5.69 Å². The van der Waals surface area contributed by atoms with Gasteiger partial charge in [-0.1, -0.05) is 24.3 Å². The fraction of sp³-hybridized carbons (Fsp3) is 0.182. The standard InChI is InChI=1S/C11H14N2O/c1-13-10-6-2-4-9(8-10)5-3-7-11(12)14/h2-6,8,13H,7H2,1H3,(H2,12,14). The van der Waals surface area contributed by atoms with Gasteiger partial charge in [0.2, 0.25) is 5.91 Å². The summed E-state index contributed by atoms with van der Waals surface area (Å²) < 4.78 is 0. The smallest absolute Gasteiger partial charge is 0.221 e. The van der Waals surface area contributed by atoms with Crippen molar-refractivity contribution in [2.45, 2.75) is 6.42 Å². The number of carbonyl (C=O) groups is 1. The van der Waals surface area contributed by atoms with Crippen LogP contribution < -0.4 is 11.1 Å². The number of nitrogens with two attached hydrogens (primary N) is 1. The Morgan fingerprint density at radius 1 is 1.57 bits per heavy atom. The zero-order valence-electron chi connectivity index (χ0n) is 8.16. The number of hydrogen-bond donors (Lipinski definition) is 2. The molecule has 0 bridgehead atoms. The van der Waals surface area contributed by atoms with Gasteiger partial charge in [-0.25, -0.2) is 0 Å². The molecule has 0 aliphatic rings. The monoisotopic (exact) mass is 190 g/mol. The summed E-state index contributed by atoms with van der Waals surface area (Å²) in [5.41, 5.74) is 7.11. The fourth-order valence-corrected chi connectivity index (χ4v) is 1.11. The van der Waals surface area contributed by atoms with Crippen LogP contribution in [-0.2, 0) is 4.79 Å². The molecule has 1 amide bonds. The summed E-state index contributed by atoms with van der Waals surface area (Å²) in [6.07, 6.45) is 3.92. The van der Waals surface area contributed by atoms with E-state index in [1.807, 2.05) is 37.4 Å². The summed E-state index contributed by atoms with van der Waals surface area (Å²) in [6.45, 7) is 0. The van der Waals surface area contributed by atoms with E-state index in [1.54, 1.807) is 6.08 Å². The number of hydrogen-bond acceptors (Lipinski definition) is 2. The molecule has 0 unspecified atom stereocenters. The van der Waals surface area contributed by atoms with Crippen molar-refractivity contribution in [3.8, 4) is 0 Å². The van der Waals surface area contributed by atoms with Crippen molar-refractivity contribution in [2.24, 2.45) is 5.73 Å². The third-order valence-corrected chi connectivity index (χ3v) is 1.80. The molecular weight excluding hydrogens is 176 g/mol. The second-order valence-corrected chi connectivity index (χ2v) is 2.95. The fourth-order valence-electron chi connectivity index (χ4n) is 1.11. The van der Waals surface area contributed by atoms with Crippen molar-refractivity contribution in [1.29, 1.82) is 0 Å². The Bertz CT molecular complexity index is 345. The first kappa shape index (κ1) is 10.3. The van der Waals surface area contributed by atoms with Gasteiger partial charge in [-0.3, -0.25) is 4.79 Å². The van der Waals surface area contributed by atoms with E-state index in [0.717, 1.165) is 11.3 Å². The average molecular weight is 190 g/mol. The number of carbonyl (C=O) groups excluding carboxylic acids is 1. The minimum Gasteiger partial charge on any atom is -0.388 e. The predicted molar refractivity (Wildman–Crippen MR) is 58.8 cm³/mol. The Balaban J connectivity index is 2.66. The van der Waals surface area contributed by atoms with Crippen molar-refractivity contribution in [3.63, 3.8) is 0 Å². The first-order valence-electron chi connectivity index (χ1n) is 4.45. The van der Waals surface area contributed by atoms with Gasteiger partial charge in [-0.05, 0) is 17.7 Å². The number of amides is 1. The molecule has 1 aromatic carbocycles. The molecule has 0 atom stereocenters. The van der Waals surface area contributed by atoms with Crippen LogP contribution in [0, 0.1) is 0 Å². The number of nitrogens with one attached hydrogen (secondary N) is 1. The maximum Gasteiger partial charge on any atom is 0.221 e. The molecule has 1 rings (SSSR count). The van der Waals surface area contributed by atoms with Gasteiger partial charge in [-0.2, -0.15) is 0 Å². The van der Waals surface area contributed by atoms with Crippen molar-refractivity contribution in [3.05, 3.63) is 35.9 Å². The topological polar surface area (TPSA) is 55.1 Å². The minimum absolute atomic E-state index is 0.282. The Morgan fingerprint density at radius 2 is 2.36 bits per heavy atom. The number of primary amides is 1. The van der Waals surface area contributed by atoms with Crippen LogP contribution in [0.15, 0.2) is 30.3 Å². The molecule has 0 saturated carbocycles. The average Bonchev–Trinajstić information content (AvgIpc) is 2.18. The summed E-state index contributed by atoms with van der Waals surface area (Å²) in [6, 6.07) is 7.90. The van der Waals surface area contributed by atoms with Crippen LogP contribution >= 0.6 is 0 Å². The summed E-state index contributed by atoms with van der Waals surface area (Å²) in [7, 11) is 1.87. The second-order valence-electron chi connectivity index (χ2n) is 2.95. The molecule has 0 fully saturated rings. The molecule has 3 heteroatoms. The SMILES string of the molecule is CNc1cccc(C=CCC(N)=O)c1. The quantitative estimate of drug-likeness (QED) is 0.758. The molecule has 74 valence electrons. The van der Waals surface area contributed by atoms with E-state index >= 15 is 0 Å². The molecule has 0 spiro atoms. The maximum atomic E-state index is 10.5. The lowest BCUT2D eigenvalue weighted by molar-refractivity contribution is -0.117. The first-order chi connectivity index (χ1) is 6.72. The Kier molecular flexibility index (Phi) is 3.73. The summed E-state index contributed by atoms with van der Waals surface area (Å²) >= 11 is 0. The Labute approximate surface area is 83.6 Å². The van der Waals surface area contributed by atoms with Crippen LogP contribution in [0.1, 0.15) is 12.0 Å². The highest BCUT2D eigenvalue weighted by atomic mass is 16.1. The Morgan fingerprint density at radius 3 is 3.00 bits per heavy atom. The largest absolute Gasteiger partial charge is 0.388 e. The zero-order chi connectivity index (χ0) is 10.4. The normalized spacial score (nSPS) is 10.4. The molecule has 0 aliphatic heterocycles. The molecule has 0 aromatic heterocycles. The van der Waals surface area contributed by atoms with E-state index in [4.69, 9.17) is 5.73 Å². The van der Waals surface area contributed by atoms with Gasteiger partial charge in [0.1, 0.15) is 0 Å². The highest BCUT2D eigenvalue weighted by Crippen LogP contribution is 2.11. The van der Waals surface area contributed by atoms with Gasteiger partial charge >= 0.3 is 0 Å². The van der Waals surface area contributed by atoms with E-state index in [1.165, 1.54) is 0 Å². The molecular formula is C11H14N2O. The second kappa shape index (κ2) is 5.07. The van der Waals surface area contributed by atoms with E-state index < -0.39 is 0 Å². The van der Waals surface area contributed by atoms with E-state index in [9.17, 15) is 4.79 Å². The van der Waals surface area contributed by atoms with Gasteiger partial charge in [-0.15, -0.1) is 0 Å². The van der Waals surface area contributed by atoms with Gasteiger partial charge in [0, 0.05) is 19.2 Å². The van der Waals surface area contributed by atoms with Gasteiger partial charge in [0.05, 0.1) is 0 Å². The van der Waals surface area contributed by atoms with Crippen molar-refractivity contribution >= 4 is 17.7 Å². The van der Waals surface area contributed by atoms with Crippen LogP contribution in [0.2, 0.25) is 0 Å². The number of anilines is 1. The van der Waals surface area contributed by atoms with Crippen molar-refractivity contribution in [2.75, 3.05) is 12.4 Å². The zero-order valence-corrected chi connectivity index (χ0v) is 8.16. The maximum absolute atomic E-state index is 10.5. The van der Waals surface area contributed by atoms with E-state index in [-0.39, 0.29) is 12.3 Å². The molecule has 0 radical (unpaired) electrons. The molecule has 3 N–H and O–H groups in total. The van der Waals surface area contributed by atoms with Crippen LogP contribution in [-0.4, -0.2) is 13.0 Å². The summed E-state index contributed by atoms with van der Waals surface area (Å²) in [4.78, 5) is 10.5.